The minimum Gasteiger partial charge on any atom is -0.358 e. The van der Waals surface area contributed by atoms with Crippen LogP contribution in [-0.4, -0.2) is 23.3 Å². The van der Waals surface area contributed by atoms with Crippen LogP contribution in [0.4, 0.5) is 0 Å². The number of nitrogens with zero attached hydrogens (tertiary/aromatic N) is 2. The smallest absolute Gasteiger partial charge is 0.263 e. The molecule has 3 aromatic carbocycles. The number of benzene rings is 3. The summed E-state index contributed by atoms with van der Waals surface area (Å²) in [6.45, 7) is 2.36. The molecule has 162 valence electrons. The van der Waals surface area contributed by atoms with E-state index in [4.69, 9.17) is 12.2 Å². The molecule has 0 saturated heterocycles. The first-order valence-corrected chi connectivity index (χ1v) is 11.9. The van der Waals surface area contributed by atoms with Crippen LogP contribution in [0.25, 0.3) is 16.9 Å². The van der Waals surface area contributed by atoms with Gasteiger partial charge in [0.25, 0.3) is 10.0 Å². The number of hydrogen-bond acceptors (Lipinski definition) is 4. The first-order valence-electron chi connectivity index (χ1n) is 9.99. The molecule has 1 aromatic heterocycles. The second-order valence-electron chi connectivity index (χ2n) is 7.22. The molecule has 0 spiro atoms. The summed E-state index contributed by atoms with van der Waals surface area (Å²) in [5, 5.41) is 7.54. The average molecular weight is 463 g/mol. The molecule has 0 bridgehead atoms. The lowest BCUT2D eigenvalue weighted by Crippen LogP contribution is -2.38. The standard InChI is InChI=1S/C24H22N4O2S2/c1-18-16-23(20-10-6-3-7-11-20)28(26-18)21-12-14-22(15-13-21)32(29,30)27-24(31)25-17-19-8-4-2-5-9-19/h2-16H,17H2,1H3,(H2,25,27,31). The lowest BCUT2D eigenvalue weighted by atomic mass is 10.1. The highest BCUT2D eigenvalue weighted by molar-refractivity contribution is 7.91. The van der Waals surface area contributed by atoms with E-state index in [1.165, 1.54) is 0 Å². The number of sulfonamides is 1. The molecule has 0 aliphatic heterocycles. The molecule has 4 rings (SSSR count). The van der Waals surface area contributed by atoms with Gasteiger partial charge in [0.15, 0.2) is 5.11 Å². The maximum atomic E-state index is 12.7. The molecule has 0 atom stereocenters. The molecule has 0 radical (unpaired) electrons. The van der Waals surface area contributed by atoms with Crippen LogP contribution in [-0.2, 0) is 16.6 Å². The average Bonchev–Trinajstić information content (AvgIpc) is 3.20. The number of aromatic nitrogens is 2. The topological polar surface area (TPSA) is 76.0 Å². The third kappa shape index (κ3) is 5.04. The zero-order valence-electron chi connectivity index (χ0n) is 17.4. The number of thiocarbonyl (C=S) groups is 1. The van der Waals surface area contributed by atoms with Gasteiger partial charge in [-0.3, -0.25) is 4.72 Å². The van der Waals surface area contributed by atoms with Crippen LogP contribution >= 0.6 is 12.2 Å². The quantitative estimate of drug-likeness (QED) is 0.420. The molecule has 0 fully saturated rings. The Morgan fingerprint density at radius 3 is 2.22 bits per heavy atom. The van der Waals surface area contributed by atoms with E-state index in [0.717, 1.165) is 28.2 Å². The maximum absolute atomic E-state index is 12.7. The maximum Gasteiger partial charge on any atom is 0.263 e. The Morgan fingerprint density at radius 2 is 1.56 bits per heavy atom. The molecule has 6 nitrogen and oxygen atoms in total. The van der Waals surface area contributed by atoms with Crippen molar-refractivity contribution >= 4 is 27.4 Å². The van der Waals surface area contributed by atoms with Gasteiger partial charge in [0.05, 0.1) is 22.0 Å². The molecular weight excluding hydrogens is 440 g/mol. The van der Waals surface area contributed by atoms with Crippen molar-refractivity contribution in [2.45, 2.75) is 18.4 Å². The van der Waals surface area contributed by atoms with Crippen LogP contribution in [0.2, 0.25) is 0 Å². The van der Waals surface area contributed by atoms with Gasteiger partial charge in [0, 0.05) is 12.1 Å². The summed E-state index contributed by atoms with van der Waals surface area (Å²) in [4.78, 5) is 0.121. The molecule has 32 heavy (non-hydrogen) atoms. The van der Waals surface area contributed by atoms with Crippen molar-refractivity contribution in [3.05, 3.63) is 102 Å². The molecule has 8 heteroatoms. The second kappa shape index (κ2) is 9.33. The van der Waals surface area contributed by atoms with Crippen molar-refractivity contribution in [1.82, 2.24) is 19.8 Å². The van der Waals surface area contributed by atoms with Gasteiger partial charge >= 0.3 is 0 Å². The summed E-state index contributed by atoms with van der Waals surface area (Å²) in [7, 11) is -3.80. The SMILES string of the molecule is Cc1cc(-c2ccccc2)n(-c2ccc(S(=O)(=O)NC(=S)NCc3ccccc3)cc2)n1. The van der Waals surface area contributed by atoms with Gasteiger partial charge in [-0.15, -0.1) is 0 Å². The lowest BCUT2D eigenvalue weighted by molar-refractivity contribution is 0.592. The Kier molecular flexibility index (Phi) is 6.34. The molecular formula is C24H22N4O2S2. The van der Waals surface area contributed by atoms with E-state index >= 15 is 0 Å². The molecule has 0 amide bonds. The molecule has 1 heterocycles. The summed E-state index contributed by atoms with van der Waals surface area (Å²) in [5.74, 6) is 0. The summed E-state index contributed by atoms with van der Waals surface area (Å²) in [6.07, 6.45) is 0. The third-order valence-corrected chi connectivity index (χ3v) is 6.56. The highest BCUT2D eigenvalue weighted by atomic mass is 32.2. The Morgan fingerprint density at radius 1 is 0.938 bits per heavy atom. The summed E-state index contributed by atoms with van der Waals surface area (Å²) < 4.78 is 29.7. The van der Waals surface area contributed by atoms with Crippen LogP contribution in [0.15, 0.2) is 95.9 Å². The first-order chi connectivity index (χ1) is 15.4. The van der Waals surface area contributed by atoms with Crippen molar-refractivity contribution in [2.75, 3.05) is 0 Å². The fraction of sp³-hybridized carbons (Fsp3) is 0.0833. The second-order valence-corrected chi connectivity index (χ2v) is 9.31. The predicted octanol–water partition coefficient (Wildman–Crippen LogP) is 4.20. The van der Waals surface area contributed by atoms with Crippen molar-refractivity contribution < 1.29 is 8.42 Å². The largest absolute Gasteiger partial charge is 0.358 e. The Labute approximate surface area is 193 Å². The minimum absolute atomic E-state index is 0.0481. The Bertz CT molecular complexity index is 1320. The number of hydrogen-bond donors (Lipinski definition) is 2. The Hall–Kier alpha value is -3.49. The molecule has 4 aromatic rings. The van der Waals surface area contributed by atoms with E-state index in [-0.39, 0.29) is 10.0 Å². The van der Waals surface area contributed by atoms with Crippen LogP contribution in [0.3, 0.4) is 0 Å². The number of rotatable bonds is 6. The minimum atomic E-state index is -3.80. The number of nitrogens with one attached hydrogen (secondary N) is 2. The van der Waals surface area contributed by atoms with Crippen LogP contribution < -0.4 is 10.0 Å². The molecule has 0 saturated carbocycles. The van der Waals surface area contributed by atoms with Crippen molar-refractivity contribution in [3.63, 3.8) is 0 Å². The normalized spacial score (nSPS) is 11.2. The highest BCUT2D eigenvalue weighted by Crippen LogP contribution is 2.24. The molecule has 2 N–H and O–H groups in total. The van der Waals surface area contributed by atoms with Gasteiger partial charge in [-0.1, -0.05) is 60.7 Å². The number of aryl methyl sites for hydroxylation is 1. The summed E-state index contributed by atoms with van der Waals surface area (Å²) in [6, 6.07) is 28.1. The van der Waals surface area contributed by atoms with Gasteiger partial charge < -0.3 is 5.32 Å². The van der Waals surface area contributed by atoms with Gasteiger partial charge in [-0.25, -0.2) is 13.1 Å². The third-order valence-electron chi connectivity index (χ3n) is 4.82. The van der Waals surface area contributed by atoms with E-state index in [9.17, 15) is 8.42 Å². The predicted molar refractivity (Wildman–Crippen MR) is 130 cm³/mol. The van der Waals surface area contributed by atoms with E-state index in [1.54, 1.807) is 28.9 Å². The molecule has 0 unspecified atom stereocenters. The van der Waals surface area contributed by atoms with E-state index < -0.39 is 10.0 Å². The van der Waals surface area contributed by atoms with Crippen molar-refractivity contribution in [2.24, 2.45) is 0 Å². The van der Waals surface area contributed by atoms with Crippen LogP contribution in [0.5, 0.6) is 0 Å². The summed E-state index contributed by atoms with van der Waals surface area (Å²) in [5.41, 5.74) is 4.60. The van der Waals surface area contributed by atoms with Crippen LogP contribution in [0, 0.1) is 6.92 Å². The van der Waals surface area contributed by atoms with Gasteiger partial charge in [-0.05, 0) is 55.0 Å². The molecule has 0 aliphatic carbocycles. The fourth-order valence-electron chi connectivity index (χ4n) is 3.27. The highest BCUT2D eigenvalue weighted by Gasteiger charge is 2.17. The van der Waals surface area contributed by atoms with Crippen molar-refractivity contribution in [3.8, 4) is 16.9 Å². The van der Waals surface area contributed by atoms with E-state index in [0.29, 0.717) is 6.54 Å². The van der Waals surface area contributed by atoms with Gasteiger partial charge in [0.2, 0.25) is 0 Å². The van der Waals surface area contributed by atoms with E-state index in [1.807, 2.05) is 73.7 Å². The zero-order chi connectivity index (χ0) is 22.6. The first kappa shape index (κ1) is 21.7. The van der Waals surface area contributed by atoms with Gasteiger partial charge in [0.1, 0.15) is 0 Å². The zero-order valence-corrected chi connectivity index (χ0v) is 19.0. The Balaban J connectivity index is 1.49. The van der Waals surface area contributed by atoms with Crippen LogP contribution in [0.1, 0.15) is 11.3 Å². The van der Waals surface area contributed by atoms with E-state index in [2.05, 4.69) is 15.1 Å². The summed E-state index contributed by atoms with van der Waals surface area (Å²) >= 11 is 5.16. The van der Waals surface area contributed by atoms with Gasteiger partial charge in [-0.2, -0.15) is 5.10 Å². The fourth-order valence-corrected chi connectivity index (χ4v) is 4.60. The monoisotopic (exact) mass is 462 g/mol. The molecule has 0 aliphatic rings. The lowest BCUT2D eigenvalue weighted by Gasteiger charge is -2.12. The van der Waals surface area contributed by atoms with Crippen molar-refractivity contribution in [1.29, 1.82) is 0 Å².